The molecule has 0 spiro atoms. The van der Waals surface area contributed by atoms with Gasteiger partial charge in [0.25, 0.3) is 0 Å². The number of Topliss-reactive ketones (excluding diaryl/α,β-unsaturated/α-hetero) is 1. The van der Waals surface area contributed by atoms with Gasteiger partial charge in [-0.3, -0.25) is 14.6 Å². The highest BCUT2D eigenvalue weighted by Gasteiger charge is 2.30. The molecule has 0 unspecified atom stereocenters. The van der Waals surface area contributed by atoms with E-state index in [-0.39, 0.29) is 24.6 Å². The lowest BCUT2D eigenvalue weighted by Gasteiger charge is -2.37. The van der Waals surface area contributed by atoms with Crippen molar-refractivity contribution in [3.63, 3.8) is 0 Å². The van der Waals surface area contributed by atoms with Crippen LogP contribution in [0.15, 0.2) is 18.2 Å². The zero-order valence-corrected chi connectivity index (χ0v) is 19.2. The third-order valence-electron chi connectivity index (χ3n) is 6.34. The fourth-order valence-electron chi connectivity index (χ4n) is 4.49. The number of piperazine rings is 1. The summed E-state index contributed by atoms with van der Waals surface area (Å²) in [5, 5.41) is 0. The molecule has 2 aliphatic rings. The van der Waals surface area contributed by atoms with E-state index < -0.39 is 0 Å². The first-order valence-electron chi connectivity index (χ1n) is 11.1. The van der Waals surface area contributed by atoms with E-state index in [0.29, 0.717) is 29.1 Å². The van der Waals surface area contributed by atoms with Crippen molar-refractivity contribution in [1.29, 1.82) is 0 Å². The molecule has 1 saturated heterocycles. The van der Waals surface area contributed by atoms with Gasteiger partial charge in [-0.2, -0.15) is 0 Å². The number of esters is 1. The van der Waals surface area contributed by atoms with Gasteiger partial charge in [0.15, 0.2) is 17.3 Å². The molecule has 1 aromatic heterocycles. The quantitative estimate of drug-likeness (QED) is 0.522. The number of nitrogens with zero attached hydrogens (tertiary/aromatic N) is 2. The third-order valence-corrected chi connectivity index (χ3v) is 6.34. The van der Waals surface area contributed by atoms with Crippen LogP contribution in [0.1, 0.15) is 51.5 Å². The van der Waals surface area contributed by atoms with Crippen molar-refractivity contribution >= 4 is 11.8 Å². The zero-order chi connectivity index (χ0) is 22.8. The SMILES string of the molecule is CCOC(=O)c1c(C)[nH]c(C(=O)[C@H](C)N2CCN(Cc3ccc4c(c3)OCO4)CC2)c1C. The number of aryl methyl sites for hydroxylation is 1. The van der Waals surface area contributed by atoms with Gasteiger partial charge in [0.1, 0.15) is 0 Å². The van der Waals surface area contributed by atoms with Gasteiger partial charge >= 0.3 is 5.97 Å². The minimum atomic E-state index is -0.386. The van der Waals surface area contributed by atoms with Crippen LogP contribution in [-0.4, -0.2) is 72.2 Å². The van der Waals surface area contributed by atoms with Crippen molar-refractivity contribution in [3.8, 4) is 11.5 Å². The van der Waals surface area contributed by atoms with E-state index in [2.05, 4.69) is 20.9 Å². The number of hydrogen-bond donors (Lipinski definition) is 1. The number of H-pyrrole nitrogens is 1. The Morgan fingerprint density at radius 1 is 1.12 bits per heavy atom. The molecule has 0 aliphatic carbocycles. The van der Waals surface area contributed by atoms with E-state index in [9.17, 15) is 9.59 Å². The number of hydrogen-bond acceptors (Lipinski definition) is 7. The lowest BCUT2D eigenvalue weighted by Crippen LogP contribution is -2.51. The summed E-state index contributed by atoms with van der Waals surface area (Å²) in [5.41, 5.74) is 3.50. The Hall–Kier alpha value is -2.84. The van der Waals surface area contributed by atoms with Crippen molar-refractivity contribution in [3.05, 3.63) is 46.3 Å². The van der Waals surface area contributed by atoms with Crippen molar-refractivity contribution in [2.45, 2.75) is 40.3 Å². The minimum absolute atomic E-state index is 0.00497. The minimum Gasteiger partial charge on any atom is -0.462 e. The summed E-state index contributed by atoms with van der Waals surface area (Å²) in [4.78, 5) is 33.2. The number of aromatic nitrogens is 1. The summed E-state index contributed by atoms with van der Waals surface area (Å²) in [6.07, 6.45) is 0. The molecule has 0 amide bonds. The molecule has 172 valence electrons. The maximum Gasteiger partial charge on any atom is 0.340 e. The fraction of sp³-hybridized carbons (Fsp3) is 0.500. The highest BCUT2D eigenvalue weighted by atomic mass is 16.7. The highest BCUT2D eigenvalue weighted by Crippen LogP contribution is 2.33. The van der Waals surface area contributed by atoms with Crippen molar-refractivity contribution < 1.29 is 23.8 Å². The topological polar surface area (TPSA) is 84.1 Å². The molecule has 4 rings (SSSR count). The van der Waals surface area contributed by atoms with Crippen molar-refractivity contribution in [2.24, 2.45) is 0 Å². The van der Waals surface area contributed by atoms with Gasteiger partial charge in [-0.05, 0) is 51.0 Å². The predicted octanol–water partition coefficient (Wildman–Crippen LogP) is 2.93. The Morgan fingerprint density at radius 2 is 1.84 bits per heavy atom. The highest BCUT2D eigenvalue weighted by molar-refractivity contribution is 6.03. The Balaban J connectivity index is 1.36. The Bertz CT molecular complexity index is 1010. The van der Waals surface area contributed by atoms with E-state index in [0.717, 1.165) is 44.2 Å². The molecule has 0 saturated carbocycles. The number of carbonyl (C=O) groups excluding carboxylic acids is 2. The summed E-state index contributed by atoms with van der Waals surface area (Å²) in [6, 6.07) is 5.80. The van der Waals surface area contributed by atoms with Crippen molar-refractivity contribution in [2.75, 3.05) is 39.6 Å². The second-order valence-corrected chi connectivity index (χ2v) is 8.39. The van der Waals surface area contributed by atoms with Gasteiger partial charge in [0.05, 0.1) is 23.9 Å². The molecule has 1 fully saturated rings. The number of ether oxygens (including phenoxy) is 3. The standard InChI is InChI=1S/C24H31N3O5/c1-5-30-24(29)21-15(2)22(25-16(21)3)23(28)17(4)27-10-8-26(9-11-27)13-18-6-7-19-20(12-18)32-14-31-19/h6-7,12,17,25H,5,8-11,13-14H2,1-4H3/t17-/m0/s1. The number of benzene rings is 1. The third kappa shape index (κ3) is 4.38. The van der Waals surface area contributed by atoms with Crippen LogP contribution in [0.3, 0.4) is 0 Å². The normalized spacial score (nSPS) is 17.4. The van der Waals surface area contributed by atoms with E-state index in [1.54, 1.807) is 20.8 Å². The number of nitrogens with one attached hydrogen (secondary N) is 1. The molecule has 1 N–H and O–H groups in total. The maximum absolute atomic E-state index is 13.2. The van der Waals surface area contributed by atoms with Crippen LogP contribution in [0, 0.1) is 13.8 Å². The smallest absolute Gasteiger partial charge is 0.340 e. The molecule has 8 heteroatoms. The summed E-state index contributed by atoms with van der Waals surface area (Å²) in [7, 11) is 0. The summed E-state index contributed by atoms with van der Waals surface area (Å²) >= 11 is 0. The molecular weight excluding hydrogens is 410 g/mol. The number of fused-ring (bicyclic) bond motifs is 1. The largest absolute Gasteiger partial charge is 0.462 e. The van der Waals surface area contributed by atoms with Crippen LogP contribution in [0.2, 0.25) is 0 Å². The molecule has 1 aromatic carbocycles. The van der Waals surface area contributed by atoms with Gasteiger partial charge in [0, 0.05) is 38.4 Å². The molecular formula is C24H31N3O5. The summed E-state index contributed by atoms with van der Waals surface area (Å²) < 4.78 is 16.0. The van der Waals surface area contributed by atoms with Gasteiger partial charge in [-0.25, -0.2) is 4.79 Å². The Morgan fingerprint density at radius 3 is 2.56 bits per heavy atom. The Kier molecular flexibility index (Phi) is 6.53. The van der Waals surface area contributed by atoms with Crippen molar-refractivity contribution in [1.82, 2.24) is 14.8 Å². The number of ketones is 1. The number of carbonyl (C=O) groups is 2. The van der Waals surface area contributed by atoms with E-state index in [4.69, 9.17) is 14.2 Å². The first-order valence-corrected chi connectivity index (χ1v) is 11.1. The lowest BCUT2D eigenvalue weighted by molar-refractivity contribution is 0.0525. The lowest BCUT2D eigenvalue weighted by atomic mass is 10.0. The van der Waals surface area contributed by atoms with E-state index in [1.165, 1.54) is 5.56 Å². The number of aromatic amines is 1. The molecule has 8 nitrogen and oxygen atoms in total. The van der Waals surface area contributed by atoms with Gasteiger partial charge < -0.3 is 19.2 Å². The second-order valence-electron chi connectivity index (χ2n) is 8.39. The first-order chi connectivity index (χ1) is 15.4. The molecule has 2 aliphatic heterocycles. The molecule has 32 heavy (non-hydrogen) atoms. The first kappa shape index (κ1) is 22.4. The van der Waals surface area contributed by atoms with Crippen LogP contribution in [-0.2, 0) is 11.3 Å². The van der Waals surface area contributed by atoms with Crippen LogP contribution in [0.5, 0.6) is 11.5 Å². The fourth-order valence-corrected chi connectivity index (χ4v) is 4.49. The molecule has 3 heterocycles. The zero-order valence-electron chi connectivity index (χ0n) is 19.2. The molecule has 0 bridgehead atoms. The van der Waals surface area contributed by atoms with E-state index in [1.807, 2.05) is 19.1 Å². The second kappa shape index (κ2) is 9.34. The van der Waals surface area contributed by atoms with Gasteiger partial charge in [0.2, 0.25) is 6.79 Å². The van der Waals surface area contributed by atoms with E-state index >= 15 is 0 Å². The van der Waals surface area contributed by atoms with Crippen LogP contribution in [0.4, 0.5) is 0 Å². The predicted molar refractivity (Wildman–Crippen MR) is 119 cm³/mol. The monoisotopic (exact) mass is 441 g/mol. The van der Waals surface area contributed by atoms with Crippen LogP contribution >= 0.6 is 0 Å². The average Bonchev–Trinajstić information content (AvgIpc) is 3.36. The van der Waals surface area contributed by atoms with Gasteiger partial charge in [-0.15, -0.1) is 0 Å². The Labute approximate surface area is 188 Å². The molecule has 0 radical (unpaired) electrons. The maximum atomic E-state index is 13.2. The molecule has 1 atom stereocenters. The molecule has 2 aromatic rings. The van der Waals surface area contributed by atoms with Gasteiger partial charge in [-0.1, -0.05) is 6.07 Å². The number of rotatable bonds is 7. The average molecular weight is 442 g/mol. The van der Waals surface area contributed by atoms with Crippen LogP contribution < -0.4 is 9.47 Å². The summed E-state index contributed by atoms with van der Waals surface area (Å²) in [5.74, 6) is 1.22. The van der Waals surface area contributed by atoms with Crippen LogP contribution in [0.25, 0.3) is 0 Å². The summed E-state index contributed by atoms with van der Waals surface area (Å²) in [6.45, 7) is 12.1.